The predicted molar refractivity (Wildman–Crippen MR) is 44.0 cm³/mol. The van der Waals surface area contributed by atoms with Crippen LogP contribution in [0.2, 0.25) is 0 Å². The van der Waals surface area contributed by atoms with E-state index in [2.05, 4.69) is 11.9 Å². The van der Waals surface area contributed by atoms with Crippen LogP contribution in [-0.2, 0) is 6.42 Å². The van der Waals surface area contributed by atoms with Crippen molar-refractivity contribution in [3.05, 3.63) is 16.6 Å². The quantitative estimate of drug-likeness (QED) is 0.716. The summed E-state index contributed by atoms with van der Waals surface area (Å²) in [5, 5.41) is 0. The lowest BCUT2D eigenvalue weighted by Gasteiger charge is -2.03. The highest BCUT2D eigenvalue weighted by atomic mass is 32.1. The zero-order valence-corrected chi connectivity index (χ0v) is 6.90. The van der Waals surface area contributed by atoms with E-state index in [1.807, 2.05) is 11.7 Å². The van der Waals surface area contributed by atoms with Crippen molar-refractivity contribution in [1.29, 1.82) is 0 Å². The Labute approximate surface area is 65.1 Å². The Kier molecular flexibility index (Phi) is 2.83. The van der Waals surface area contributed by atoms with Gasteiger partial charge in [0.05, 0.1) is 5.51 Å². The summed E-state index contributed by atoms with van der Waals surface area (Å²) in [6.07, 6.45) is 2.98. The molecule has 1 atom stereocenters. The molecule has 10 heavy (non-hydrogen) atoms. The van der Waals surface area contributed by atoms with Gasteiger partial charge in [0.1, 0.15) is 0 Å². The average Bonchev–Trinajstić information content (AvgIpc) is 2.40. The fraction of sp³-hybridized carbons (Fsp3) is 0.571. The molecule has 0 amide bonds. The molecule has 0 aliphatic rings. The van der Waals surface area contributed by atoms with E-state index in [0.717, 1.165) is 13.0 Å². The highest BCUT2D eigenvalue weighted by Gasteiger charge is 2.01. The molecule has 0 aliphatic heterocycles. The molecular formula is C7H12N2S. The van der Waals surface area contributed by atoms with Crippen molar-refractivity contribution in [2.24, 2.45) is 11.7 Å². The molecule has 0 saturated carbocycles. The van der Waals surface area contributed by atoms with Gasteiger partial charge in [0.15, 0.2) is 0 Å². The van der Waals surface area contributed by atoms with E-state index < -0.39 is 0 Å². The van der Waals surface area contributed by atoms with Gasteiger partial charge < -0.3 is 5.73 Å². The molecule has 1 rings (SSSR count). The number of rotatable bonds is 3. The molecule has 0 saturated heterocycles. The Hall–Kier alpha value is -0.410. The summed E-state index contributed by atoms with van der Waals surface area (Å²) < 4.78 is 0. The maximum atomic E-state index is 5.47. The first-order chi connectivity index (χ1) is 4.83. The summed E-state index contributed by atoms with van der Waals surface area (Å²) in [7, 11) is 0. The van der Waals surface area contributed by atoms with E-state index in [-0.39, 0.29) is 0 Å². The zero-order chi connectivity index (χ0) is 7.40. The molecule has 1 aromatic heterocycles. The smallest absolute Gasteiger partial charge is 0.0794 e. The Morgan fingerprint density at radius 1 is 1.80 bits per heavy atom. The van der Waals surface area contributed by atoms with Gasteiger partial charge >= 0.3 is 0 Å². The molecule has 56 valence electrons. The summed E-state index contributed by atoms with van der Waals surface area (Å²) in [6, 6.07) is 0. The summed E-state index contributed by atoms with van der Waals surface area (Å²) in [4.78, 5) is 5.32. The molecule has 0 spiro atoms. The largest absolute Gasteiger partial charge is 0.330 e. The number of aromatic nitrogens is 1. The van der Waals surface area contributed by atoms with Crippen molar-refractivity contribution in [2.75, 3.05) is 6.54 Å². The molecular weight excluding hydrogens is 144 g/mol. The fourth-order valence-corrected chi connectivity index (χ4v) is 1.53. The third-order valence-corrected chi connectivity index (χ3v) is 2.24. The highest BCUT2D eigenvalue weighted by molar-refractivity contribution is 7.09. The van der Waals surface area contributed by atoms with Gasteiger partial charge in [-0.1, -0.05) is 6.92 Å². The van der Waals surface area contributed by atoms with Crippen molar-refractivity contribution in [2.45, 2.75) is 13.3 Å². The molecule has 2 N–H and O–H groups in total. The van der Waals surface area contributed by atoms with Crippen LogP contribution in [0, 0.1) is 5.92 Å². The maximum Gasteiger partial charge on any atom is 0.0794 e. The van der Waals surface area contributed by atoms with Crippen LogP contribution in [0.3, 0.4) is 0 Å². The van der Waals surface area contributed by atoms with Crippen LogP contribution in [-0.4, -0.2) is 11.5 Å². The summed E-state index contributed by atoms with van der Waals surface area (Å²) in [5.41, 5.74) is 7.33. The van der Waals surface area contributed by atoms with E-state index >= 15 is 0 Å². The molecule has 0 radical (unpaired) electrons. The first-order valence-corrected chi connectivity index (χ1v) is 4.28. The van der Waals surface area contributed by atoms with E-state index in [9.17, 15) is 0 Å². The number of hydrogen-bond acceptors (Lipinski definition) is 3. The molecule has 3 heteroatoms. The molecule has 0 aromatic carbocycles. The molecule has 2 nitrogen and oxygen atoms in total. The van der Waals surface area contributed by atoms with Gasteiger partial charge in [-0.05, 0) is 18.9 Å². The third kappa shape index (κ3) is 2.08. The lowest BCUT2D eigenvalue weighted by molar-refractivity contribution is 0.598. The highest BCUT2D eigenvalue weighted by Crippen LogP contribution is 2.10. The molecule has 1 aromatic rings. The van der Waals surface area contributed by atoms with Gasteiger partial charge in [-0.2, -0.15) is 0 Å². The van der Waals surface area contributed by atoms with Crippen molar-refractivity contribution in [3.8, 4) is 0 Å². The minimum absolute atomic E-state index is 0.584. The monoisotopic (exact) mass is 156 g/mol. The van der Waals surface area contributed by atoms with Crippen LogP contribution in [0.5, 0.6) is 0 Å². The van der Waals surface area contributed by atoms with E-state index in [0.29, 0.717) is 5.92 Å². The van der Waals surface area contributed by atoms with Crippen LogP contribution < -0.4 is 5.73 Å². The minimum Gasteiger partial charge on any atom is -0.330 e. The number of nitrogens with zero attached hydrogens (tertiary/aromatic N) is 1. The van der Waals surface area contributed by atoms with Gasteiger partial charge in [0, 0.05) is 11.1 Å². The summed E-state index contributed by atoms with van der Waals surface area (Å²) in [5.74, 6) is 0.584. The van der Waals surface area contributed by atoms with E-state index in [4.69, 9.17) is 5.73 Å². The first kappa shape index (κ1) is 7.69. The van der Waals surface area contributed by atoms with E-state index in [1.54, 1.807) is 11.3 Å². The van der Waals surface area contributed by atoms with Crippen LogP contribution in [0.25, 0.3) is 0 Å². The van der Waals surface area contributed by atoms with Gasteiger partial charge in [0.25, 0.3) is 0 Å². The van der Waals surface area contributed by atoms with Crippen LogP contribution in [0.4, 0.5) is 0 Å². The topological polar surface area (TPSA) is 38.9 Å². The standard InChI is InChI=1S/C7H12N2S/c1-6(3-8)2-7-4-9-5-10-7/h4-6H,2-3,8H2,1H3. The molecule has 1 heterocycles. The molecule has 0 aliphatic carbocycles. The third-order valence-electron chi connectivity index (χ3n) is 1.44. The number of hydrogen-bond donors (Lipinski definition) is 1. The maximum absolute atomic E-state index is 5.47. The molecule has 0 bridgehead atoms. The minimum atomic E-state index is 0.584. The second-order valence-corrected chi connectivity index (χ2v) is 3.48. The lowest BCUT2D eigenvalue weighted by atomic mass is 10.1. The van der Waals surface area contributed by atoms with Gasteiger partial charge in [0.2, 0.25) is 0 Å². The lowest BCUT2D eigenvalue weighted by Crippen LogP contribution is -2.12. The van der Waals surface area contributed by atoms with Crippen LogP contribution in [0.1, 0.15) is 11.8 Å². The molecule has 1 unspecified atom stereocenters. The number of nitrogens with two attached hydrogens (primary N) is 1. The Bertz CT molecular complexity index is 172. The summed E-state index contributed by atoms with van der Waals surface area (Å²) >= 11 is 1.70. The van der Waals surface area contributed by atoms with Crippen molar-refractivity contribution < 1.29 is 0 Å². The van der Waals surface area contributed by atoms with Crippen molar-refractivity contribution >= 4 is 11.3 Å². The second kappa shape index (κ2) is 3.68. The van der Waals surface area contributed by atoms with Gasteiger partial charge in [-0.25, -0.2) is 0 Å². The van der Waals surface area contributed by atoms with Gasteiger partial charge in [-0.3, -0.25) is 4.98 Å². The first-order valence-electron chi connectivity index (χ1n) is 3.40. The van der Waals surface area contributed by atoms with Gasteiger partial charge in [-0.15, -0.1) is 11.3 Å². The van der Waals surface area contributed by atoms with Crippen molar-refractivity contribution in [1.82, 2.24) is 4.98 Å². The second-order valence-electron chi connectivity index (χ2n) is 2.51. The normalized spacial score (nSPS) is 13.4. The predicted octanol–water partition coefficient (Wildman–Crippen LogP) is 1.28. The molecule has 0 fully saturated rings. The Morgan fingerprint density at radius 3 is 3.10 bits per heavy atom. The average molecular weight is 156 g/mol. The van der Waals surface area contributed by atoms with Crippen LogP contribution >= 0.6 is 11.3 Å². The Morgan fingerprint density at radius 2 is 2.60 bits per heavy atom. The SMILES string of the molecule is CC(CN)Cc1cncs1. The van der Waals surface area contributed by atoms with E-state index in [1.165, 1.54) is 4.88 Å². The number of thiazole rings is 1. The van der Waals surface area contributed by atoms with Crippen LogP contribution in [0.15, 0.2) is 11.7 Å². The summed E-state index contributed by atoms with van der Waals surface area (Å²) in [6.45, 7) is 2.91. The van der Waals surface area contributed by atoms with Crippen molar-refractivity contribution in [3.63, 3.8) is 0 Å². The Balaban J connectivity index is 2.40. The zero-order valence-electron chi connectivity index (χ0n) is 6.08. The fourth-order valence-electron chi connectivity index (χ4n) is 0.770.